The van der Waals surface area contributed by atoms with Gasteiger partial charge in [0.15, 0.2) is 0 Å². The van der Waals surface area contributed by atoms with Gasteiger partial charge in [-0.25, -0.2) is 0 Å². The Labute approximate surface area is 155 Å². The Kier molecular flexibility index (Phi) is 5.32. The molecule has 1 N–H and O–H groups in total. The van der Waals surface area contributed by atoms with Crippen molar-refractivity contribution in [1.82, 2.24) is 10.2 Å². The second-order valence-electron chi connectivity index (χ2n) is 7.22. The van der Waals surface area contributed by atoms with E-state index in [4.69, 9.17) is 4.74 Å². The van der Waals surface area contributed by atoms with E-state index in [9.17, 15) is 4.79 Å². The molecule has 2 aromatic carbocycles. The van der Waals surface area contributed by atoms with Crippen molar-refractivity contribution >= 4 is 5.91 Å². The Morgan fingerprint density at radius 1 is 1.00 bits per heavy atom. The molecule has 0 bridgehead atoms. The summed E-state index contributed by atoms with van der Waals surface area (Å²) >= 11 is 0. The van der Waals surface area contributed by atoms with Crippen LogP contribution < -0.4 is 5.32 Å². The Morgan fingerprint density at radius 2 is 1.62 bits per heavy atom. The van der Waals surface area contributed by atoms with Gasteiger partial charge in [0.25, 0.3) is 0 Å². The molecule has 0 aromatic heterocycles. The van der Waals surface area contributed by atoms with Crippen molar-refractivity contribution in [1.29, 1.82) is 0 Å². The number of benzene rings is 2. The first-order chi connectivity index (χ1) is 12.8. The second kappa shape index (κ2) is 8.02. The highest BCUT2D eigenvalue weighted by atomic mass is 16.5. The number of rotatable bonds is 5. The zero-order chi connectivity index (χ0) is 17.8. The maximum Gasteiger partial charge on any atom is 0.240 e. The van der Waals surface area contributed by atoms with E-state index in [1.807, 2.05) is 23.1 Å². The summed E-state index contributed by atoms with van der Waals surface area (Å²) in [6.45, 7) is 2.66. The van der Waals surface area contributed by atoms with Gasteiger partial charge in [0.2, 0.25) is 5.91 Å². The third-order valence-corrected chi connectivity index (χ3v) is 5.39. The van der Waals surface area contributed by atoms with Gasteiger partial charge in [-0.05, 0) is 36.0 Å². The van der Waals surface area contributed by atoms with E-state index in [-0.39, 0.29) is 11.9 Å². The van der Waals surface area contributed by atoms with Gasteiger partial charge < -0.3 is 15.0 Å². The number of carbonyl (C=O) groups is 1. The van der Waals surface area contributed by atoms with Gasteiger partial charge in [0.1, 0.15) is 0 Å². The van der Waals surface area contributed by atoms with Gasteiger partial charge in [-0.15, -0.1) is 0 Å². The number of carbonyl (C=O) groups excluding carboxylic acids is 1. The summed E-state index contributed by atoms with van der Waals surface area (Å²) in [6, 6.07) is 19.0. The summed E-state index contributed by atoms with van der Waals surface area (Å²) < 4.78 is 5.41. The third-order valence-electron chi connectivity index (χ3n) is 5.39. The molecule has 1 atom stereocenters. The minimum atomic E-state index is -0.185. The van der Waals surface area contributed by atoms with E-state index < -0.39 is 0 Å². The Balaban J connectivity index is 1.48. The molecule has 4 nitrogen and oxygen atoms in total. The topological polar surface area (TPSA) is 41.6 Å². The molecule has 1 saturated heterocycles. The fraction of sp³-hybridized carbons (Fsp3) is 0.409. The molecule has 0 radical (unpaired) electrons. The van der Waals surface area contributed by atoms with Crippen LogP contribution >= 0.6 is 0 Å². The molecular weight excluding hydrogens is 324 g/mol. The van der Waals surface area contributed by atoms with Crippen LogP contribution in [0.25, 0.3) is 0 Å². The van der Waals surface area contributed by atoms with Crippen molar-refractivity contribution in [2.24, 2.45) is 0 Å². The summed E-state index contributed by atoms with van der Waals surface area (Å²) in [4.78, 5) is 15.1. The van der Waals surface area contributed by atoms with Crippen LogP contribution in [0.4, 0.5) is 0 Å². The normalized spacial score (nSPS) is 18.5. The van der Waals surface area contributed by atoms with Gasteiger partial charge in [-0.3, -0.25) is 4.79 Å². The molecule has 1 fully saturated rings. The monoisotopic (exact) mass is 350 g/mol. The summed E-state index contributed by atoms with van der Waals surface area (Å²) in [5, 5.41) is 3.68. The lowest BCUT2D eigenvalue weighted by Gasteiger charge is -2.32. The molecule has 2 aromatic rings. The highest BCUT2D eigenvalue weighted by Crippen LogP contribution is 2.22. The minimum absolute atomic E-state index is 0.185. The predicted octanol–water partition coefficient (Wildman–Crippen LogP) is 2.21. The molecule has 1 heterocycles. The van der Waals surface area contributed by atoms with Crippen LogP contribution in [0.2, 0.25) is 0 Å². The molecule has 136 valence electrons. The van der Waals surface area contributed by atoms with E-state index in [1.54, 1.807) is 0 Å². The van der Waals surface area contributed by atoms with Crippen LogP contribution in [0.15, 0.2) is 54.6 Å². The quantitative estimate of drug-likeness (QED) is 0.899. The van der Waals surface area contributed by atoms with Crippen LogP contribution in [-0.2, 0) is 28.8 Å². The molecule has 4 rings (SSSR count). The van der Waals surface area contributed by atoms with Crippen LogP contribution in [-0.4, -0.2) is 49.2 Å². The van der Waals surface area contributed by atoms with Gasteiger partial charge in [0.05, 0.1) is 19.3 Å². The third kappa shape index (κ3) is 3.97. The van der Waals surface area contributed by atoms with Crippen molar-refractivity contribution in [3.05, 3.63) is 71.3 Å². The molecule has 26 heavy (non-hydrogen) atoms. The van der Waals surface area contributed by atoms with Crippen LogP contribution in [0.3, 0.4) is 0 Å². The van der Waals surface area contributed by atoms with Crippen molar-refractivity contribution in [2.75, 3.05) is 26.3 Å². The lowest BCUT2D eigenvalue weighted by molar-refractivity contribution is -0.137. The Morgan fingerprint density at radius 3 is 2.27 bits per heavy atom. The molecule has 4 heteroatoms. The van der Waals surface area contributed by atoms with Crippen LogP contribution in [0.5, 0.6) is 0 Å². The first-order valence-electron chi connectivity index (χ1n) is 9.53. The first kappa shape index (κ1) is 17.3. The highest BCUT2D eigenvalue weighted by molar-refractivity contribution is 5.82. The average molecular weight is 350 g/mol. The number of hydrogen-bond donors (Lipinski definition) is 1. The van der Waals surface area contributed by atoms with E-state index in [2.05, 4.69) is 41.7 Å². The van der Waals surface area contributed by atoms with Crippen molar-refractivity contribution in [3.63, 3.8) is 0 Å². The van der Waals surface area contributed by atoms with E-state index in [0.29, 0.717) is 32.3 Å². The van der Waals surface area contributed by atoms with Gasteiger partial charge in [-0.2, -0.15) is 0 Å². The van der Waals surface area contributed by atoms with Crippen LogP contribution in [0, 0.1) is 0 Å². The highest BCUT2D eigenvalue weighted by Gasteiger charge is 2.30. The average Bonchev–Trinajstić information content (AvgIpc) is 3.11. The SMILES string of the molecule is O=C([C@H](Cc1ccccc1)NC1Cc2ccccc2C1)N1CCOCC1. The predicted molar refractivity (Wildman–Crippen MR) is 102 cm³/mol. The number of nitrogens with zero attached hydrogens (tertiary/aromatic N) is 1. The fourth-order valence-corrected chi connectivity index (χ4v) is 4.03. The Hall–Kier alpha value is -2.17. The van der Waals surface area contributed by atoms with Crippen LogP contribution in [0.1, 0.15) is 16.7 Å². The van der Waals surface area contributed by atoms with Gasteiger partial charge >= 0.3 is 0 Å². The Bertz CT molecular complexity index is 716. The molecule has 1 aliphatic carbocycles. The number of nitrogens with one attached hydrogen (secondary N) is 1. The molecule has 2 aliphatic rings. The van der Waals surface area contributed by atoms with Crippen molar-refractivity contribution in [3.8, 4) is 0 Å². The number of ether oxygens (including phenoxy) is 1. The minimum Gasteiger partial charge on any atom is -0.378 e. The lowest BCUT2D eigenvalue weighted by Crippen LogP contribution is -2.53. The van der Waals surface area contributed by atoms with Gasteiger partial charge in [0, 0.05) is 19.1 Å². The first-order valence-corrected chi connectivity index (χ1v) is 9.53. The maximum absolute atomic E-state index is 13.2. The molecule has 0 saturated carbocycles. The summed E-state index contributed by atoms with van der Waals surface area (Å²) in [7, 11) is 0. The fourth-order valence-electron chi connectivity index (χ4n) is 4.03. The number of fused-ring (bicyclic) bond motifs is 1. The second-order valence-corrected chi connectivity index (χ2v) is 7.22. The molecular formula is C22H26N2O2. The number of hydrogen-bond acceptors (Lipinski definition) is 3. The zero-order valence-electron chi connectivity index (χ0n) is 15.1. The summed E-state index contributed by atoms with van der Waals surface area (Å²) in [5.41, 5.74) is 4.01. The van der Waals surface area contributed by atoms with Gasteiger partial charge in [-0.1, -0.05) is 54.6 Å². The molecule has 1 amide bonds. The standard InChI is InChI=1S/C22H26N2O2/c25-22(24-10-12-26-13-11-24)21(14-17-6-2-1-3-7-17)23-20-15-18-8-4-5-9-19(18)16-20/h1-9,20-21,23H,10-16H2/t21-/m0/s1. The lowest BCUT2D eigenvalue weighted by atomic mass is 10.0. The number of morpholine rings is 1. The largest absolute Gasteiger partial charge is 0.378 e. The maximum atomic E-state index is 13.2. The summed E-state index contributed by atoms with van der Waals surface area (Å²) in [6.07, 6.45) is 2.72. The van der Waals surface area contributed by atoms with Crippen molar-refractivity contribution < 1.29 is 9.53 Å². The van der Waals surface area contributed by atoms with E-state index in [1.165, 1.54) is 16.7 Å². The van der Waals surface area contributed by atoms with Crippen molar-refractivity contribution in [2.45, 2.75) is 31.3 Å². The molecule has 0 spiro atoms. The number of amides is 1. The summed E-state index contributed by atoms with van der Waals surface area (Å²) in [5.74, 6) is 0.202. The molecule has 1 aliphatic heterocycles. The zero-order valence-corrected chi connectivity index (χ0v) is 15.1. The van der Waals surface area contributed by atoms with E-state index in [0.717, 1.165) is 19.3 Å². The smallest absolute Gasteiger partial charge is 0.240 e. The van der Waals surface area contributed by atoms with E-state index >= 15 is 0 Å². The molecule has 0 unspecified atom stereocenters.